The van der Waals surface area contributed by atoms with Gasteiger partial charge in [0.25, 0.3) is 0 Å². The van der Waals surface area contributed by atoms with Crippen LogP contribution in [0.3, 0.4) is 0 Å². The predicted molar refractivity (Wildman–Crippen MR) is 84.5 cm³/mol. The van der Waals surface area contributed by atoms with Crippen LogP contribution in [0.25, 0.3) is 0 Å². The quantitative estimate of drug-likeness (QED) is 0.591. The number of nitrogens with zero attached hydrogens (tertiary/aromatic N) is 4. The Balaban J connectivity index is 1.73. The Morgan fingerprint density at radius 1 is 1.15 bits per heavy atom. The average Bonchev–Trinajstić information content (AvgIpc) is 3.21. The summed E-state index contributed by atoms with van der Waals surface area (Å²) in [6.45, 7) is 6.89. The fourth-order valence-corrected chi connectivity index (χ4v) is 3.84. The van der Waals surface area contributed by atoms with Crippen LogP contribution in [-0.2, 0) is 0 Å². The molecular weight excluding hydrogens is 268 g/mol. The molecule has 4 nitrogen and oxygen atoms in total. The largest absolute Gasteiger partial charge is 0.341 e. The van der Waals surface area contributed by atoms with Crippen LogP contribution in [0, 0.1) is 5.92 Å². The van der Waals surface area contributed by atoms with E-state index in [2.05, 4.69) is 33.5 Å². The molecule has 1 aromatic heterocycles. The molecule has 5 heteroatoms. The first kappa shape index (κ1) is 14.2. The molecule has 0 radical (unpaired) electrons. The highest BCUT2D eigenvalue weighted by atomic mass is 32.2. The third kappa shape index (κ3) is 3.13. The predicted octanol–water partition coefficient (Wildman–Crippen LogP) is 3.74. The van der Waals surface area contributed by atoms with Crippen molar-refractivity contribution in [2.24, 2.45) is 5.92 Å². The van der Waals surface area contributed by atoms with Gasteiger partial charge >= 0.3 is 0 Å². The number of aromatic nitrogens is 3. The maximum Gasteiger partial charge on any atom is 0.228 e. The maximum absolute atomic E-state index is 4.52. The lowest BCUT2D eigenvalue weighted by atomic mass is 10.00. The molecule has 0 spiro atoms. The van der Waals surface area contributed by atoms with Crippen LogP contribution in [0.1, 0.15) is 58.4 Å². The van der Waals surface area contributed by atoms with E-state index in [1.165, 1.54) is 44.3 Å². The fraction of sp³-hybridized carbons (Fsp3) is 0.867. The topological polar surface area (TPSA) is 34.0 Å². The highest BCUT2D eigenvalue weighted by Crippen LogP contribution is 2.41. The minimum Gasteiger partial charge on any atom is -0.341 e. The molecule has 1 aliphatic heterocycles. The molecule has 0 atom stereocenters. The first-order chi connectivity index (χ1) is 9.79. The molecule has 112 valence electrons. The molecule has 0 bridgehead atoms. The number of anilines is 1. The van der Waals surface area contributed by atoms with Crippen molar-refractivity contribution >= 4 is 17.7 Å². The van der Waals surface area contributed by atoms with Crippen molar-refractivity contribution in [1.29, 1.82) is 0 Å². The molecular formula is C15H26N4S. The van der Waals surface area contributed by atoms with Gasteiger partial charge in [-0.15, -0.1) is 10.2 Å². The Kier molecular flexibility index (Phi) is 4.54. The standard InChI is InChI=1S/C15H26N4S/c1-3-4-11-20-15-17-16-14(19(15)13-5-6-13)18-9-7-12(2)8-10-18/h12-13H,3-11H2,1-2H3. The second-order valence-corrected chi connectivity index (χ2v) is 7.32. The maximum atomic E-state index is 4.52. The molecule has 1 aliphatic carbocycles. The molecule has 2 heterocycles. The molecule has 2 fully saturated rings. The third-order valence-corrected chi connectivity index (χ3v) is 5.38. The van der Waals surface area contributed by atoms with Gasteiger partial charge in [0.05, 0.1) is 0 Å². The Labute approximate surface area is 126 Å². The Morgan fingerprint density at radius 3 is 2.55 bits per heavy atom. The molecule has 1 aromatic rings. The van der Waals surface area contributed by atoms with E-state index in [1.54, 1.807) is 0 Å². The summed E-state index contributed by atoms with van der Waals surface area (Å²) in [5.41, 5.74) is 0. The van der Waals surface area contributed by atoms with E-state index in [1.807, 2.05) is 11.8 Å². The van der Waals surface area contributed by atoms with Crippen molar-refractivity contribution in [2.45, 2.75) is 63.6 Å². The van der Waals surface area contributed by atoms with Crippen LogP contribution < -0.4 is 4.90 Å². The summed E-state index contributed by atoms with van der Waals surface area (Å²) in [6.07, 6.45) is 7.69. The number of rotatable bonds is 6. The van der Waals surface area contributed by atoms with Gasteiger partial charge in [-0.1, -0.05) is 32.0 Å². The zero-order chi connectivity index (χ0) is 13.9. The van der Waals surface area contributed by atoms with E-state index in [4.69, 9.17) is 0 Å². The number of unbranched alkanes of at least 4 members (excludes halogenated alkanes) is 1. The van der Waals surface area contributed by atoms with Crippen molar-refractivity contribution in [1.82, 2.24) is 14.8 Å². The summed E-state index contributed by atoms with van der Waals surface area (Å²) < 4.78 is 2.43. The Morgan fingerprint density at radius 2 is 1.90 bits per heavy atom. The van der Waals surface area contributed by atoms with Crippen molar-refractivity contribution in [3.63, 3.8) is 0 Å². The molecule has 1 saturated carbocycles. The zero-order valence-corrected chi connectivity index (χ0v) is 13.5. The van der Waals surface area contributed by atoms with Crippen LogP contribution in [-0.4, -0.2) is 33.6 Å². The van der Waals surface area contributed by atoms with Crippen molar-refractivity contribution < 1.29 is 0 Å². The third-order valence-electron chi connectivity index (χ3n) is 4.35. The van der Waals surface area contributed by atoms with Gasteiger partial charge in [-0.25, -0.2) is 0 Å². The van der Waals surface area contributed by atoms with Crippen LogP contribution in [0.2, 0.25) is 0 Å². The summed E-state index contributed by atoms with van der Waals surface area (Å²) in [5.74, 6) is 3.17. The lowest BCUT2D eigenvalue weighted by Gasteiger charge is -2.31. The highest BCUT2D eigenvalue weighted by Gasteiger charge is 2.32. The molecule has 20 heavy (non-hydrogen) atoms. The smallest absolute Gasteiger partial charge is 0.228 e. The number of hydrogen-bond donors (Lipinski definition) is 0. The summed E-state index contributed by atoms with van der Waals surface area (Å²) in [6, 6.07) is 0.670. The van der Waals surface area contributed by atoms with E-state index in [-0.39, 0.29) is 0 Å². The monoisotopic (exact) mass is 294 g/mol. The number of hydrogen-bond acceptors (Lipinski definition) is 4. The molecule has 2 aliphatic rings. The average molecular weight is 294 g/mol. The van der Waals surface area contributed by atoms with Gasteiger partial charge in [0.15, 0.2) is 5.16 Å². The lowest BCUT2D eigenvalue weighted by molar-refractivity contribution is 0.429. The van der Waals surface area contributed by atoms with E-state index in [0.29, 0.717) is 6.04 Å². The fourth-order valence-electron chi connectivity index (χ4n) is 2.75. The van der Waals surface area contributed by atoms with Gasteiger partial charge in [-0.2, -0.15) is 0 Å². The zero-order valence-electron chi connectivity index (χ0n) is 12.7. The summed E-state index contributed by atoms with van der Waals surface area (Å²) >= 11 is 1.89. The number of piperidine rings is 1. The van der Waals surface area contributed by atoms with Crippen molar-refractivity contribution in [3.05, 3.63) is 0 Å². The Bertz CT molecular complexity index is 433. The molecule has 3 rings (SSSR count). The van der Waals surface area contributed by atoms with E-state index < -0.39 is 0 Å². The lowest BCUT2D eigenvalue weighted by Crippen LogP contribution is -2.34. The van der Waals surface area contributed by atoms with Gasteiger partial charge in [-0.05, 0) is 38.0 Å². The van der Waals surface area contributed by atoms with Crippen LogP contribution in [0.4, 0.5) is 5.95 Å². The number of thioether (sulfide) groups is 1. The summed E-state index contributed by atoms with van der Waals surface area (Å²) in [7, 11) is 0. The molecule has 0 N–H and O–H groups in total. The minimum absolute atomic E-state index is 0.670. The van der Waals surface area contributed by atoms with Gasteiger partial charge < -0.3 is 4.90 Å². The van der Waals surface area contributed by atoms with Crippen LogP contribution in [0.5, 0.6) is 0 Å². The van der Waals surface area contributed by atoms with Gasteiger partial charge in [-0.3, -0.25) is 4.57 Å². The minimum atomic E-state index is 0.670. The van der Waals surface area contributed by atoms with Crippen molar-refractivity contribution in [2.75, 3.05) is 23.7 Å². The summed E-state index contributed by atoms with van der Waals surface area (Å²) in [4.78, 5) is 2.45. The Hall–Kier alpha value is -0.710. The van der Waals surface area contributed by atoms with E-state index in [9.17, 15) is 0 Å². The molecule has 0 unspecified atom stereocenters. The second-order valence-electron chi connectivity index (χ2n) is 6.26. The normalized spacial score (nSPS) is 20.6. The SMILES string of the molecule is CCCCSc1nnc(N2CCC(C)CC2)n1C1CC1. The molecule has 0 amide bonds. The van der Waals surface area contributed by atoms with Crippen LogP contribution >= 0.6 is 11.8 Å². The van der Waals surface area contributed by atoms with Crippen molar-refractivity contribution in [3.8, 4) is 0 Å². The van der Waals surface area contributed by atoms with E-state index in [0.717, 1.165) is 30.1 Å². The first-order valence-corrected chi connectivity index (χ1v) is 9.10. The first-order valence-electron chi connectivity index (χ1n) is 8.12. The van der Waals surface area contributed by atoms with Gasteiger partial charge in [0.2, 0.25) is 5.95 Å². The van der Waals surface area contributed by atoms with Gasteiger partial charge in [0, 0.05) is 24.9 Å². The second kappa shape index (κ2) is 6.37. The van der Waals surface area contributed by atoms with Crippen LogP contribution in [0.15, 0.2) is 5.16 Å². The highest BCUT2D eigenvalue weighted by molar-refractivity contribution is 7.99. The van der Waals surface area contributed by atoms with Gasteiger partial charge in [0.1, 0.15) is 0 Å². The van der Waals surface area contributed by atoms with E-state index >= 15 is 0 Å². The molecule has 1 saturated heterocycles. The summed E-state index contributed by atoms with van der Waals surface area (Å²) in [5, 5.41) is 10.1. The molecule has 0 aromatic carbocycles.